The van der Waals surface area contributed by atoms with E-state index < -0.39 is 5.97 Å². The molecule has 2 atom stereocenters. The molecule has 2 aliphatic carbocycles. The van der Waals surface area contributed by atoms with Gasteiger partial charge in [0, 0.05) is 16.7 Å². The molecule has 4 rings (SSSR count). The van der Waals surface area contributed by atoms with Crippen molar-refractivity contribution in [3.63, 3.8) is 0 Å². The van der Waals surface area contributed by atoms with Crippen molar-refractivity contribution in [1.82, 2.24) is 0 Å². The summed E-state index contributed by atoms with van der Waals surface area (Å²) in [6, 6.07) is 9.00. The van der Waals surface area contributed by atoms with Crippen LogP contribution in [0.4, 0.5) is 0 Å². The standard InChI is InChI=1S/C23H24O4/c1-13(10-14-4-6-15(7-5-14)23(24)25)18-12-19(26-2)20-16-8-9-17(11-16)21(20)22(18)27-3/h4-7,10,12,16-17H,8-9,11H2,1-3H3,(H,24,25)/t16-,17-/m1/s1. The molecule has 0 aliphatic heterocycles. The van der Waals surface area contributed by atoms with E-state index in [1.807, 2.05) is 12.1 Å². The highest BCUT2D eigenvalue weighted by atomic mass is 16.5. The van der Waals surface area contributed by atoms with Crippen LogP contribution < -0.4 is 9.47 Å². The number of carboxylic acids is 1. The number of carboxylic acid groups (broad SMARTS) is 1. The van der Waals surface area contributed by atoms with Crippen LogP contribution in [0.25, 0.3) is 11.6 Å². The van der Waals surface area contributed by atoms with E-state index in [2.05, 4.69) is 19.1 Å². The lowest BCUT2D eigenvalue weighted by molar-refractivity contribution is 0.0697. The Balaban J connectivity index is 1.79. The molecule has 4 nitrogen and oxygen atoms in total. The van der Waals surface area contributed by atoms with Gasteiger partial charge in [-0.1, -0.05) is 18.2 Å². The maximum atomic E-state index is 11.0. The number of benzene rings is 2. The Bertz CT molecular complexity index is 924. The van der Waals surface area contributed by atoms with Gasteiger partial charge in [0.15, 0.2) is 0 Å². The molecule has 1 fully saturated rings. The van der Waals surface area contributed by atoms with Crippen LogP contribution in [0, 0.1) is 0 Å². The van der Waals surface area contributed by atoms with Crippen molar-refractivity contribution < 1.29 is 19.4 Å². The highest BCUT2D eigenvalue weighted by Gasteiger charge is 2.42. The summed E-state index contributed by atoms with van der Waals surface area (Å²) in [5, 5.41) is 9.06. The zero-order chi connectivity index (χ0) is 19.1. The molecule has 27 heavy (non-hydrogen) atoms. The average Bonchev–Trinajstić information content (AvgIpc) is 3.29. The minimum absolute atomic E-state index is 0.289. The van der Waals surface area contributed by atoms with Gasteiger partial charge in [0.2, 0.25) is 0 Å². The molecular formula is C23H24O4. The molecule has 0 spiro atoms. The average molecular weight is 364 g/mol. The Labute approximate surface area is 159 Å². The van der Waals surface area contributed by atoms with E-state index in [0.717, 1.165) is 28.2 Å². The maximum absolute atomic E-state index is 11.0. The Kier molecular flexibility index (Phi) is 4.42. The van der Waals surface area contributed by atoms with Gasteiger partial charge in [-0.25, -0.2) is 4.79 Å². The zero-order valence-corrected chi connectivity index (χ0v) is 15.9. The van der Waals surface area contributed by atoms with Crippen LogP contribution in [0.15, 0.2) is 30.3 Å². The molecule has 1 N–H and O–H groups in total. The molecule has 0 saturated heterocycles. The van der Waals surface area contributed by atoms with Crippen LogP contribution >= 0.6 is 0 Å². The number of allylic oxidation sites excluding steroid dienone is 1. The van der Waals surface area contributed by atoms with E-state index in [-0.39, 0.29) is 5.56 Å². The molecule has 1 saturated carbocycles. The number of aromatic carboxylic acids is 1. The predicted octanol–water partition coefficient (Wildman–Crippen LogP) is 5.33. The van der Waals surface area contributed by atoms with E-state index >= 15 is 0 Å². The molecule has 0 unspecified atom stereocenters. The number of rotatable bonds is 5. The number of ether oxygens (including phenoxy) is 2. The summed E-state index contributed by atoms with van der Waals surface area (Å²) in [7, 11) is 3.48. The van der Waals surface area contributed by atoms with Gasteiger partial charge in [-0.05, 0) is 67.4 Å². The normalized spacial score (nSPS) is 20.5. The summed E-state index contributed by atoms with van der Waals surface area (Å²) in [5.74, 6) is 2.17. The highest BCUT2D eigenvalue weighted by Crippen LogP contribution is 2.60. The van der Waals surface area contributed by atoms with Crippen molar-refractivity contribution in [2.75, 3.05) is 14.2 Å². The second-order valence-corrected chi connectivity index (χ2v) is 7.45. The third kappa shape index (κ3) is 2.89. The monoisotopic (exact) mass is 364 g/mol. The van der Waals surface area contributed by atoms with Crippen LogP contribution in [0.1, 0.15) is 70.6 Å². The third-order valence-electron chi connectivity index (χ3n) is 5.96. The fourth-order valence-corrected chi connectivity index (χ4v) is 4.74. The van der Waals surface area contributed by atoms with Gasteiger partial charge in [0.25, 0.3) is 0 Å². The van der Waals surface area contributed by atoms with Gasteiger partial charge >= 0.3 is 5.97 Å². The van der Waals surface area contributed by atoms with Gasteiger partial charge in [-0.2, -0.15) is 0 Å². The van der Waals surface area contributed by atoms with Crippen molar-refractivity contribution in [2.24, 2.45) is 0 Å². The summed E-state index contributed by atoms with van der Waals surface area (Å²) in [5.41, 5.74) is 6.03. The first-order valence-corrected chi connectivity index (χ1v) is 9.34. The molecular weight excluding hydrogens is 340 g/mol. The van der Waals surface area contributed by atoms with E-state index in [1.165, 1.54) is 30.4 Å². The van der Waals surface area contributed by atoms with Crippen molar-refractivity contribution in [3.8, 4) is 11.5 Å². The topological polar surface area (TPSA) is 55.8 Å². The fourth-order valence-electron chi connectivity index (χ4n) is 4.74. The SMILES string of the molecule is COc1cc(C(C)=Cc2ccc(C(=O)O)cc2)c(OC)c2c1[C@@H]1CC[C@@H]2C1. The minimum atomic E-state index is -0.915. The molecule has 0 heterocycles. The minimum Gasteiger partial charge on any atom is -0.496 e. The molecule has 0 amide bonds. The lowest BCUT2D eigenvalue weighted by Gasteiger charge is -2.24. The number of hydrogen-bond donors (Lipinski definition) is 1. The molecule has 2 bridgehead atoms. The lowest BCUT2D eigenvalue weighted by atomic mass is 9.87. The Hall–Kier alpha value is -2.75. The van der Waals surface area contributed by atoms with Gasteiger partial charge in [-0.3, -0.25) is 0 Å². The zero-order valence-electron chi connectivity index (χ0n) is 15.9. The van der Waals surface area contributed by atoms with E-state index in [4.69, 9.17) is 14.6 Å². The van der Waals surface area contributed by atoms with Crippen LogP contribution in [0.5, 0.6) is 11.5 Å². The lowest BCUT2D eigenvalue weighted by Crippen LogP contribution is -2.06. The number of carbonyl (C=O) groups is 1. The first-order valence-electron chi connectivity index (χ1n) is 9.34. The van der Waals surface area contributed by atoms with Crippen LogP contribution in [0.2, 0.25) is 0 Å². The first kappa shape index (κ1) is 17.7. The fraction of sp³-hybridized carbons (Fsp3) is 0.348. The summed E-state index contributed by atoms with van der Waals surface area (Å²) in [6.45, 7) is 2.06. The summed E-state index contributed by atoms with van der Waals surface area (Å²) in [4.78, 5) is 11.0. The van der Waals surface area contributed by atoms with Gasteiger partial charge < -0.3 is 14.6 Å². The maximum Gasteiger partial charge on any atom is 0.335 e. The van der Waals surface area contributed by atoms with E-state index in [9.17, 15) is 4.79 Å². The summed E-state index contributed by atoms with van der Waals surface area (Å²) >= 11 is 0. The van der Waals surface area contributed by atoms with Crippen LogP contribution in [-0.4, -0.2) is 25.3 Å². The predicted molar refractivity (Wildman–Crippen MR) is 106 cm³/mol. The van der Waals surface area contributed by atoms with Crippen LogP contribution in [0.3, 0.4) is 0 Å². The molecule has 4 heteroatoms. The molecule has 0 radical (unpaired) electrons. The van der Waals surface area contributed by atoms with Crippen molar-refractivity contribution in [3.05, 3.63) is 58.1 Å². The molecule has 140 valence electrons. The molecule has 2 aromatic rings. The van der Waals surface area contributed by atoms with Crippen molar-refractivity contribution >= 4 is 17.6 Å². The molecule has 0 aromatic heterocycles. The highest BCUT2D eigenvalue weighted by molar-refractivity contribution is 5.89. The van der Waals surface area contributed by atoms with Crippen molar-refractivity contribution in [1.29, 1.82) is 0 Å². The first-order chi connectivity index (χ1) is 13.0. The Morgan fingerprint density at radius 3 is 2.33 bits per heavy atom. The number of hydrogen-bond acceptors (Lipinski definition) is 3. The second-order valence-electron chi connectivity index (χ2n) is 7.45. The Morgan fingerprint density at radius 1 is 1.07 bits per heavy atom. The Morgan fingerprint density at radius 2 is 1.74 bits per heavy atom. The second kappa shape index (κ2) is 6.76. The van der Waals surface area contributed by atoms with Gasteiger partial charge in [0.1, 0.15) is 11.5 Å². The summed E-state index contributed by atoms with van der Waals surface area (Å²) < 4.78 is 11.6. The number of methoxy groups -OCH3 is 2. The largest absolute Gasteiger partial charge is 0.496 e. The molecule has 2 aromatic carbocycles. The summed E-state index contributed by atoms with van der Waals surface area (Å²) in [6.07, 6.45) is 5.72. The number of fused-ring (bicyclic) bond motifs is 5. The quantitative estimate of drug-likeness (QED) is 0.729. The van der Waals surface area contributed by atoms with Crippen LogP contribution in [-0.2, 0) is 0 Å². The molecule has 2 aliphatic rings. The van der Waals surface area contributed by atoms with E-state index in [1.54, 1.807) is 26.4 Å². The van der Waals surface area contributed by atoms with E-state index in [0.29, 0.717) is 11.8 Å². The third-order valence-corrected chi connectivity index (χ3v) is 5.96. The smallest absolute Gasteiger partial charge is 0.335 e. The van der Waals surface area contributed by atoms with Gasteiger partial charge in [-0.15, -0.1) is 0 Å². The van der Waals surface area contributed by atoms with Gasteiger partial charge in [0.05, 0.1) is 19.8 Å². The van der Waals surface area contributed by atoms with Crippen molar-refractivity contribution in [2.45, 2.75) is 38.0 Å².